The van der Waals surface area contributed by atoms with Gasteiger partial charge in [0.1, 0.15) is 0 Å². The molecule has 0 spiro atoms. The van der Waals surface area contributed by atoms with Crippen molar-refractivity contribution in [3.63, 3.8) is 0 Å². The second kappa shape index (κ2) is 2.97. The Bertz CT molecular complexity index is 820. The largest absolute Gasteiger partial charge is 0.0841 e. The lowest BCUT2D eigenvalue weighted by molar-refractivity contribution is 0.135. The standard InChI is InChI=1S/C22H18/c1-2-6-16-15(5-1)19-12-20(16)22-14-10-9-13(11-14)21(19,22)17-7-3-4-8-18(17)22/h1-10,13-14,19-20H,11-12H2. The summed E-state index contributed by atoms with van der Waals surface area (Å²) in [4.78, 5) is 0. The van der Waals surface area contributed by atoms with Crippen LogP contribution in [0, 0.1) is 11.8 Å². The lowest BCUT2D eigenvalue weighted by Gasteiger charge is -2.64. The first-order chi connectivity index (χ1) is 10.9. The minimum Gasteiger partial charge on any atom is -0.0841 e. The molecule has 0 aliphatic heterocycles. The van der Waals surface area contributed by atoms with E-state index in [4.69, 9.17) is 0 Å². The van der Waals surface area contributed by atoms with Crippen molar-refractivity contribution in [3.8, 4) is 0 Å². The van der Waals surface area contributed by atoms with Crippen molar-refractivity contribution in [2.24, 2.45) is 11.8 Å². The van der Waals surface area contributed by atoms with E-state index >= 15 is 0 Å². The summed E-state index contributed by atoms with van der Waals surface area (Å²) in [5.41, 5.74) is 7.66. The third kappa shape index (κ3) is 0.722. The number of allylic oxidation sites excluding steroid dienone is 2. The van der Waals surface area contributed by atoms with Crippen LogP contribution in [-0.2, 0) is 10.8 Å². The molecule has 2 aromatic rings. The average Bonchev–Trinajstić information content (AvgIpc) is 3.27. The summed E-state index contributed by atoms with van der Waals surface area (Å²) in [6.07, 6.45) is 7.93. The zero-order valence-corrected chi connectivity index (χ0v) is 12.5. The molecule has 0 heteroatoms. The highest BCUT2D eigenvalue weighted by molar-refractivity contribution is 5.72. The summed E-state index contributed by atoms with van der Waals surface area (Å²) < 4.78 is 0. The first kappa shape index (κ1) is 10.8. The minimum atomic E-state index is 0.446. The van der Waals surface area contributed by atoms with E-state index in [1.165, 1.54) is 12.8 Å². The van der Waals surface area contributed by atoms with Crippen molar-refractivity contribution < 1.29 is 0 Å². The van der Waals surface area contributed by atoms with Gasteiger partial charge in [-0.1, -0.05) is 60.7 Å². The Morgan fingerprint density at radius 2 is 1.14 bits per heavy atom. The van der Waals surface area contributed by atoms with Gasteiger partial charge in [-0.2, -0.15) is 0 Å². The van der Waals surface area contributed by atoms with E-state index in [-0.39, 0.29) is 0 Å². The fourth-order valence-corrected chi connectivity index (χ4v) is 7.94. The maximum atomic E-state index is 2.57. The molecule has 5 aliphatic rings. The quantitative estimate of drug-likeness (QED) is 0.616. The minimum absolute atomic E-state index is 0.446. The average molecular weight is 282 g/mol. The van der Waals surface area contributed by atoms with Crippen molar-refractivity contribution >= 4 is 0 Å². The van der Waals surface area contributed by atoms with E-state index in [1.54, 1.807) is 22.3 Å². The van der Waals surface area contributed by atoms with Crippen LogP contribution >= 0.6 is 0 Å². The molecule has 0 radical (unpaired) electrons. The Labute approximate surface area is 130 Å². The highest BCUT2D eigenvalue weighted by Crippen LogP contribution is 2.87. The van der Waals surface area contributed by atoms with Gasteiger partial charge < -0.3 is 0 Å². The Morgan fingerprint density at radius 3 is 1.68 bits per heavy atom. The normalized spacial score (nSPS) is 46.9. The molecule has 22 heavy (non-hydrogen) atoms. The Morgan fingerprint density at radius 1 is 0.636 bits per heavy atom. The predicted octanol–water partition coefficient (Wildman–Crippen LogP) is 4.67. The molecule has 7 rings (SSSR count). The van der Waals surface area contributed by atoms with E-state index in [0.29, 0.717) is 10.8 Å². The van der Waals surface area contributed by atoms with Crippen LogP contribution in [0.5, 0.6) is 0 Å². The molecule has 2 aromatic carbocycles. The number of benzene rings is 2. The fourth-order valence-electron chi connectivity index (χ4n) is 7.94. The SMILES string of the molecule is C1=CC2CC1C13c4ccccc4C21C1CC3c2ccccc21. The Hall–Kier alpha value is -1.82. The number of fused-ring (bicyclic) bond motifs is 8. The van der Waals surface area contributed by atoms with Crippen LogP contribution in [0.15, 0.2) is 60.7 Å². The van der Waals surface area contributed by atoms with Gasteiger partial charge in [0, 0.05) is 10.8 Å². The summed E-state index contributed by atoms with van der Waals surface area (Å²) in [6.45, 7) is 0. The van der Waals surface area contributed by atoms with Gasteiger partial charge in [-0.25, -0.2) is 0 Å². The zero-order chi connectivity index (χ0) is 14.1. The monoisotopic (exact) mass is 282 g/mol. The molecule has 0 saturated heterocycles. The molecular formula is C22H18. The summed E-state index contributed by atoms with van der Waals surface area (Å²) >= 11 is 0. The van der Waals surface area contributed by atoms with Gasteiger partial charge in [0.05, 0.1) is 0 Å². The van der Waals surface area contributed by atoms with Crippen molar-refractivity contribution in [1.82, 2.24) is 0 Å². The van der Waals surface area contributed by atoms with E-state index in [2.05, 4.69) is 60.7 Å². The Balaban J connectivity index is 1.65. The van der Waals surface area contributed by atoms with Crippen LogP contribution in [0.1, 0.15) is 46.9 Å². The van der Waals surface area contributed by atoms with Gasteiger partial charge in [0.2, 0.25) is 0 Å². The molecule has 106 valence electrons. The molecule has 0 nitrogen and oxygen atoms in total. The van der Waals surface area contributed by atoms with Crippen LogP contribution < -0.4 is 0 Å². The van der Waals surface area contributed by atoms with Gasteiger partial charge in [-0.3, -0.25) is 0 Å². The van der Waals surface area contributed by atoms with Crippen molar-refractivity contribution in [2.75, 3.05) is 0 Å². The molecule has 2 fully saturated rings. The summed E-state index contributed by atoms with van der Waals surface area (Å²) in [5.74, 6) is 3.11. The number of hydrogen-bond acceptors (Lipinski definition) is 0. The topological polar surface area (TPSA) is 0 Å². The van der Waals surface area contributed by atoms with Crippen LogP contribution in [0.25, 0.3) is 0 Å². The Kier molecular flexibility index (Phi) is 1.46. The third-order valence-electron chi connectivity index (χ3n) is 8.07. The second-order valence-corrected chi connectivity index (χ2v) is 8.09. The molecule has 5 aliphatic carbocycles. The van der Waals surface area contributed by atoms with Crippen LogP contribution in [0.3, 0.4) is 0 Å². The molecule has 0 N–H and O–H groups in total. The highest BCUT2D eigenvalue weighted by atomic mass is 14.8. The van der Waals surface area contributed by atoms with Crippen molar-refractivity contribution in [1.29, 1.82) is 0 Å². The van der Waals surface area contributed by atoms with Gasteiger partial charge in [0.25, 0.3) is 0 Å². The maximum absolute atomic E-state index is 2.57. The molecular weight excluding hydrogens is 264 g/mol. The van der Waals surface area contributed by atoms with Gasteiger partial charge in [-0.05, 0) is 58.8 Å². The van der Waals surface area contributed by atoms with E-state index < -0.39 is 0 Å². The third-order valence-corrected chi connectivity index (χ3v) is 8.07. The van der Waals surface area contributed by atoms with Crippen molar-refractivity contribution in [3.05, 3.63) is 82.9 Å². The van der Waals surface area contributed by atoms with Gasteiger partial charge in [-0.15, -0.1) is 0 Å². The molecule has 2 saturated carbocycles. The zero-order valence-electron chi connectivity index (χ0n) is 12.5. The second-order valence-electron chi connectivity index (χ2n) is 8.09. The van der Waals surface area contributed by atoms with E-state index in [9.17, 15) is 0 Å². The summed E-state index contributed by atoms with van der Waals surface area (Å²) in [7, 11) is 0. The number of hydrogen-bond donors (Lipinski definition) is 0. The van der Waals surface area contributed by atoms with E-state index in [0.717, 1.165) is 23.7 Å². The van der Waals surface area contributed by atoms with Crippen molar-refractivity contribution in [2.45, 2.75) is 35.5 Å². The van der Waals surface area contributed by atoms with Gasteiger partial charge >= 0.3 is 0 Å². The van der Waals surface area contributed by atoms with Crippen LogP contribution in [0.2, 0.25) is 0 Å². The van der Waals surface area contributed by atoms with Crippen LogP contribution in [-0.4, -0.2) is 0 Å². The van der Waals surface area contributed by atoms with Gasteiger partial charge in [0.15, 0.2) is 0 Å². The smallest absolute Gasteiger partial charge is 0.0196 e. The lowest BCUT2D eigenvalue weighted by atomic mass is 9.38. The molecule has 0 amide bonds. The molecule has 0 aromatic heterocycles. The summed E-state index contributed by atoms with van der Waals surface area (Å²) in [5, 5.41) is 0. The van der Waals surface area contributed by atoms with Crippen LogP contribution in [0.4, 0.5) is 0 Å². The predicted molar refractivity (Wildman–Crippen MR) is 87.1 cm³/mol. The molecule has 6 unspecified atom stereocenters. The number of rotatable bonds is 0. The summed E-state index contributed by atoms with van der Waals surface area (Å²) in [6, 6.07) is 18.8. The van der Waals surface area contributed by atoms with E-state index in [1.807, 2.05) is 0 Å². The lowest BCUT2D eigenvalue weighted by Crippen LogP contribution is -2.62. The molecule has 6 atom stereocenters. The fraction of sp³-hybridized carbons (Fsp3) is 0.364. The first-order valence-corrected chi connectivity index (χ1v) is 8.77. The molecule has 0 heterocycles. The first-order valence-electron chi connectivity index (χ1n) is 8.77. The highest BCUT2D eigenvalue weighted by Gasteiger charge is 2.83. The maximum Gasteiger partial charge on any atom is 0.0196 e. The molecule has 4 bridgehead atoms.